The van der Waals surface area contributed by atoms with Crippen molar-refractivity contribution in [1.29, 1.82) is 0 Å². The molecule has 0 unspecified atom stereocenters. The maximum absolute atomic E-state index is 13.2. The van der Waals surface area contributed by atoms with Crippen LogP contribution in [-0.2, 0) is 10.9 Å². The molecule has 3 aromatic rings. The molecule has 0 aromatic carbocycles. The number of alkyl halides is 3. The quantitative estimate of drug-likeness (QED) is 0.556. The maximum Gasteiger partial charge on any atom is 0.419 e. The third-order valence-electron chi connectivity index (χ3n) is 5.41. The molecular formula is C21H26F3N7O2S. The van der Waals surface area contributed by atoms with E-state index >= 15 is 0 Å². The number of hydrogen-bond donors (Lipinski definition) is 2. The summed E-state index contributed by atoms with van der Waals surface area (Å²) in [6.07, 6.45) is -0.537. The Morgan fingerprint density at radius 3 is 2.59 bits per heavy atom. The molecule has 0 aliphatic carbocycles. The van der Waals surface area contributed by atoms with E-state index in [2.05, 4.69) is 25.3 Å². The fourth-order valence-corrected chi connectivity index (χ4v) is 4.65. The number of halogens is 3. The van der Waals surface area contributed by atoms with Crippen LogP contribution in [0.4, 0.5) is 28.9 Å². The number of ether oxygens (including phenoxy) is 1. The molecule has 13 heteroatoms. The van der Waals surface area contributed by atoms with Crippen molar-refractivity contribution < 1.29 is 22.7 Å². The summed E-state index contributed by atoms with van der Waals surface area (Å²) in [4.78, 5) is 22.6. The smallest absolute Gasteiger partial charge is 0.419 e. The summed E-state index contributed by atoms with van der Waals surface area (Å²) in [6, 6.07) is 0.966. The average Bonchev–Trinajstić information content (AvgIpc) is 3.32. The minimum absolute atomic E-state index is 0.234. The average molecular weight is 498 g/mol. The molecular weight excluding hydrogens is 471 g/mol. The van der Waals surface area contributed by atoms with Gasteiger partial charge in [-0.15, -0.1) is 5.10 Å². The molecule has 3 aromatic heterocycles. The second-order valence-corrected chi connectivity index (χ2v) is 10.1. The molecule has 1 amide bonds. The molecule has 0 atom stereocenters. The van der Waals surface area contributed by atoms with E-state index in [1.807, 2.05) is 20.8 Å². The van der Waals surface area contributed by atoms with Gasteiger partial charge in [-0.3, -0.25) is 0 Å². The molecule has 1 aliphatic heterocycles. The lowest BCUT2D eigenvalue weighted by Crippen LogP contribution is -2.40. The number of rotatable bonds is 4. The highest BCUT2D eigenvalue weighted by Crippen LogP contribution is 2.36. The number of carbonyl (C=O) groups is 1. The van der Waals surface area contributed by atoms with E-state index in [1.54, 1.807) is 0 Å². The fraction of sp³-hybridized carbons (Fsp3) is 0.524. The van der Waals surface area contributed by atoms with Crippen molar-refractivity contribution in [2.24, 2.45) is 5.92 Å². The molecule has 184 valence electrons. The zero-order chi connectivity index (χ0) is 24.7. The van der Waals surface area contributed by atoms with Crippen molar-refractivity contribution in [3.05, 3.63) is 24.0 Å². The standard InChI is InChI=1S/C21H26F3N7O2S/c1-20(2,3)33-19(32)28-9-12-4-6-30(7-5-12)18-29-31-15(11-27-17(31)34-18)13-8-14(21(22,23)24)16(25)26-10-13/h8,10-12H,4-7,9H2,1-3H3,(H2,25,26)(H,28,32). The topological polar surface area (TPSA) is 111 Å². The van der Waals surface area contributed by atoms with Crippen molar-refractivity contribution in [3.8, 4) is 11.3 Å². The lowest BCUT2D eigenvalue weighted by Gasteiger charge is -2.31. The Kier molecular flexibility index (Phi) is 6.32. The van der Waals surface area contributed by atoms with Gasteiger partial charge < -0.3 is 20.7 Å². The fourth-order valence-electron chi connectivity index (χ4n) is 3.72. The van der Waals surface area contributed by atoms with Crippen LogP contribution in [0.5, 0.6) is 0 Å². The number of nitrogens with zero attached hydrogens (tertiary/aromatic N) is 5. The van der Waals surface area contributed by atoms with Crippen LogP contribution in [0.15, 0.2) is 18.5 Å². The van der Waals surface area contributed by atoms with Crippen molar-refractivity contribution in [2.75, 3.05) is 30.3 Å². The maximum atomic E-state index is 13.2. The highest BCUT2D eigenvalue weighted by Gasteiger charge is 2.34. The van der Waals surface area contributed by atoms with Crippen LogP contribution < -0.4 is 16.0 Å². The summed E-state index contributed by atoms with van der Waals surface area (Å²) >= 11 is 1.37. The Morgan fingerprint density at radius 1 is 1.24 bits per heavy atom. The first-order valence-corrected chi connectivity index (χ1v) is 11.6. The summed E-state index contributed by atoms with van der Waals surface area (Å²) in [7, 11) is 0. The van der Waals surface area contributed by atoms with Gasteiger partial charge in [0.2, 0.25) is 10.1 Å². The minimum atomic E-state index is -4.60. The van der Waals surface area contributed by atoms with Gasteiger partial charge in [-0.1, -0.05) is 11.3 Å². The van der Waals surface area contributed by atoms with E-state index in [0.717, 1.165) is 37.1 Å². The lowest BCUT2D eigenvalue weighted by atomic mass is 9.97. The third kappa shape index (κ3) is 5.34. The summed E-state index contributed by atoms with van der Waals surface area (Å²) in [5.74, 6) is -0.245. The van der Waals surface area contributed by atoms with Crippen molar-refractivity contribution in [1.82, 2.24) is 24.9 Å². The summed E-state index contributed by atoms with van der Waals surface area (Å²) in [6.45, 7) is 7.49. The lowest BCUT2D eigenvalue weighted by molar-refractivity contribution is -0.137. The van der Waals surface area contributed by atoms with E-state index in [-0.39, 0.29) is 5.56 Å². The molecule has 1 aliphatic rings. The molecule has 34 heavy (non-hydrogen) atoms. The number of nitrogen functional groups attached to an aromatic ring is 1. The summed E-state index contributed by atoms with van der Waals surface area (Å²) < 4.78 is 46.5. The molecule has 0 radical (unpaired) electrons. The second kappa shape index (κ2) is 8.93. The van der Waals surface area contributed by atoms with Crippen LogP contribution in [0.25, 0.3) is 16.2 Å². The first kappa shape index (κ1) is 24.0. The second-order valence-electron chi connectivity index (χ2n) is 9.19. The SMILES string of the molecule is CC(C)(C)OC(=O)NCC1CCN(c2nn3c(-c4cnc(N)c(C(F)(F)F)c4)cnc3s2)CC1. The number of fused-ring (bicyclic) bond motifs is 1. The Balaban J connectivity index is 1.42. The van der Waals surface area contributed by atoms with Crippen molar-refractivity contribution >= 4 is 33.3 Å². The molecule has 0 saturated carbocycles. The number of nitrogens with two attached hydrogens (primary N) is 1. The van der Waals surface area contributed by atoms with Gasteiger partial charge in [-0.05, 0) is 45.6 Å². The number of nitrogens with one attached hydrogen (secondary N) is 1. The minimum Gasteiger partial charge on any atom is -0.444 e. The van der Waals surface area contributed by atoms with Gasteiger partial charge >= 0.3 is 12.3 Å². The molecule has 1 saturated heterocycles. The first-order valence-electron chi connectivity index (χ1n) is 10.8. The van der Waals surface area contributed by atoms with Crippen LogP contribution in [0.2, 0.25) is 0 Å². The Morgan fingerprint density at radius 2 is 1.94 bits per heavy atom. The van der Waals surface area contributed by atoms with Crippen LogP contribution in [0.3, 0.4) is 0 Å². The van der Waals surface area contributed by atoms with Crippen molar-refractivity contribution in [2.45, 2.75) is 45.4 Å². The van der Waals surface area contributed by atoms with E-state index < -0.39 is 29.3 Å². The Labute approximate surface area is 198 Å². The van der Waals surface area contributed by atoms with Gasteiger partial charge in [-0.2, -0.15) is 13.2 Å². The number of aromatic nitrogens is 4. The van der Waals surface area contributed by atoms with Gasteiger partial charge in [0, 0.05) is 31.4 Å². The number of amides is 1. The number of hydrogen-bond acceptors (Lipinski definition) is 8. The van der Waals surface area contributed by atoms with Gasteiger partial charge in [0.05, 0.1) is 17.5 Å². The molecule has 1 fully saturated rings. The largest absolute Gasteiger partial charge is 0.444 e. The highest BCUT2D eigenvalue weighted by molar-refractivity contribution is 7.20. The van der Waals surface area contributed by atoms with Crippen LogP contribution in [0.1, 0.15) is 39.2 Å². The van der Waals surface area contributed by atoms with Gasteiger partial charge in [0.15, 0.2) is 0 Å². The predicted octanol–water partition coefficient (Wildman–Crippen LogP) is 4.19. The number of alkyl carbamates (subject to hydrolysis) is 1. The normalized spacial score (nSPS) is 15.6. The van der Waals surface area contributed by atoms with Gasteiger partial charge in [-0.25, -0.2) is 19.3 Å². The summed E-state index contributed by atoms with van der Waals surface area (Å²) in [5, 5.41) is 8.16. The molecule has 4 rings (SSSR count). The number of imidazole rings is 1. The zero-order valence-corrected chi connectivity index (χ0v) is 19.8. The van der Waals surface area contributed by atoms with Gasteiger partial charge in [0.1, 0.15) is 11.4 Å². The highest BCUT2D eigenvalue weighted by atomic mass is 32.1. The Bertz CT molecular complexity index is 1180. The number of carbonyl (C=O) groups excluding carboxylic acids is 1. The third-order valence-corrected chi connectivity index (χ3v) is 6.40. The Hall–Kier alpha value is -3.09. The van der Waals surface area contributed by atoms with E-state index in [0.29, 0.717) is 23.1 Å². The van der Waals surface area contributed by atoms with Gasteiger partial charge in [0.25, 0.3) is 0 Å². The van der Waals surface area contributed by atoms with Crippen LogP contribution in [0, 0.1) is 5.92 Å². The van der Waals surface area contributed by atoms with Crippen LogP contribution >= 0.6 is 11.3 Å². The number of piperidine rings is 1. The molecule has 0 bridgehead atoms. The molecule has 0 spiro atoms. The molecule has 3 N–H and O–H groups in total. The monoisotopic (exact) mass is 497 g/mol. The molecule has 4 heterocycles. The number of pyridine rings is 1. The first-order chi connectivity index (χ1) is 15.9. The number of anilines is 2. The van der Waals surface area contributed by atoms with Crippen LogP contribution in [-0.4, -0.2) is 50.9 Å². The van der Waals surface area contributed by atoms with E-state index in [4.69, 9.17) is 10.5 Å². The van der Waals surface area contributed by atoms with Crippen molar-refractivity contribution in [3.63, 3.8) is 0 Å². The zero-order valence-electron chi connectivity index (χ0n) is 19.0. The molecule has 9 nitrogen and oxygen atoms in total. The summed E-state index contributed by atoms with van der Waals surface area (Å²) in [5.41, 5.74) is 4.53. The predicted molar refractivity (Wildman–Crippen MR) is 123 cm³/mol. The van der Waals surface area contributed by atoms with E-state index in [9.17, 15) is 18.0 Å². The van der Waals surface area contributed by atoms with E-state index in [1.165, 1.54) is 28.2 Å².